The highest BCUT2D eigenvalue weighted by molar-refractivity contribution is 5.70. The van der Waals surface area contributed by atoms with Crippen molar-refractivity contribution in [3.05, 3.63) is 0 Å². The number of carbonyl (C=O) groups is 4. The van der Waals surface area contributed by atoms with Crippen LogP contribution in [0.15, 0.2) is 0 Å². The largest absolute Gasteiger partial charge is 0.465 e. The third kappa shape index (κ3) is 66.4. The van der Waals surface area contributed by atoms with E-state index in [1.807, 2.05) is 0 Å². The maximum atomic E-state index is 13.2. The molecule has 0 heterocycles. The number of rotatable bonds is 81. The number of hydrogen-bond donors (Lipinski definition) is 2. The van der Waals surface area contributed by atoms with E-state index >= 15 is 0 Å². The van der Waals surface area contributed by atoms with Crippen molar-refractivity contribution in [1.29, 1.82) is 0 Å². The van der Waals surface area contributed by atoms with Gasteiger partial charge in [-0.1, -0.05) is 312 Å². The molecule has 0 aliphatic heterocycles. The molecule has 6 unspecified atom stereocenters. The van der Waals surface area contributed by atoms with Crippen LogP contribution in [0.2, 0.25) is 0 Å². The van der Waals surface area contributed by atoms with Gasteiger partial charge in [0.15, 0.2) is 0 Å². The SMILES string of the molecule is CCCCCCCCCCC(CCCCCCCC)COC(=O)CCCN(CCO)CCCC(=O)OCC(CCCCCCCCCC)CCCCCCC(C)C(C)CCCC(CCCC)OC(=O)CCCCCCCN(CCO)CCCCCCCC(=O)OC(CCCC)CCCCC. The molecule has 0 spiro atoms. The van der Waals surface area contributed by atoms with E-state index in [-0.39, 0.29) is 49.3 Å². The smallest absolute Gasteiger partial charge is 0.306 e. The number of ether oxygens (including phenoxy) is 4. The Bertz CT molecular complexity index is 1740. The summed E-state index contributed by atoms with van der Waals surface area (Å²) in [4.78, 5) is 56.4. The zero-order chi connectivity index (χ0) is 73.3. The van der Waals surface area contributed by atoms with Gasteiger partial charge in [0.25, 0.3) is 0 Å². The molecule has 0 radical (unpaired) electrons. The molecule has 0 bridgehead atoms. The second kappa shape index (κ2) is 76.4. The summed E-state index contributed by atoms with van der Waals surface area (Å²) in [5.74, 6) is 1.91. The van der Waals surface area contributed by atoms with Gasteiger partial charge >= 0.3 is 23.9 Å². The number of hydrogen-bond acceptors (Lipinski definition) is 12. The van der Waals surface area contributed by atoms with Crippen LogP contribution >= 0.6 is 0 Å². The maximum absolute atomic E-state index is 13.2. The highest BCUT2D eigenvalue weighted by Crippen LogP contribution is 2.28. The number of esters is 4. The molecule has 0 rings (SSSR count). The van der Waals surface area contributed by atoms with Gasteiger partial charge in [-0.25, -0.2) is 0 Å². The van der Waals surface area contributed by atoms with E-state index < -0.39 is 0 Å². The zero-order valence-electron chi connectivity index (χ0n) is 68.0. The first-order valence-corrected chi connectivity index (χ1v) is 44.3. The fourth-order valence-electron chi connectivity index (χ4n) is 14.6. The van der Waals surface area contributed by atoms with Gasteiger partial charge in [-0.2, -0.15) is 0 Å². The van der Waals surface area contributed by atoms with Crippen molar-refractivity contribution >= 4 is 23.9 Å². The van der Waals surface area contributed by atoms with Gasteiger partial charge < -0.3 is 39.0 Å². The van der Waals surface area contributed by atoms with Crippen LogP contribution < -0.4 is 0 Å². The first kappa shape index (κ1) is 97.7. The molecule has 2 N–H and O–H groups in total. The summed E-state index contributed by atoms with van der Waals surface area (Å²) in [6.45, 7) is 24.3. The summed E-state index contributed by atoms with van der Waals surface area (Å²) >= 11 is 0. The molecule has 0 fully saturated rings. The summed E-state index contributed by atoms with van der Waals surface area (Å²) < 4.78 is 24.0. The monoisotopic (exact) mass is 1420 g/mol. The summed E-state index contributed by atoms with van der Waals surface area (Å²) in [5.41, 5.74) is 0. The standard InChI is InChI=1S/C88H172N2O10/c1-9-15-21-24-27-29-34-45-58-81(57-44-33-26-23-17-11-3)77-97-85(93)67-53-71-90(74-76-92)72-54-68-86(94)98-78-82(59-46-35-30-28-25-22-16-10-2)60-47-39-38-43-55-79(7)80(8)56-52-64-84(62-20-14-6)100-88(96)66-49-37-32-41-51-70-89(73-75-91)69-50-40-31-36-48-65-87(95)99-83(61-19-13-5)63-42-18-12-4/h79-84,91-92H,9-78H2,1-8H3. The van der Waals surface area contributed by atoms with Gasteiger partial charge in [-0.3, -0.25) is 19.2 Å². The van der Waals surface area contributed by atoms with Crippen molar-refractivity contribution in [2.75, 3.05) is 65.7 Å². The first-order chi connectivity index (χ1) is 48.9. The van der Waals surface area contributed by atoms with E-state index in [9.17, 15) is 29.4 Å². The van der Waals surface area contributed by atoms with Crippen molar-refractivity contribution in [3.63, 3.8) is 0 Å². The van der Waals surface area contributed by atoms with Crippen LogP contribution in [0.5, 0.6) is 0 Å². The number of nitrogens with zero attached hydrogens (tertiary/aromatic N) is 2. The lowest BCUT2D eigenvalue weighted by Gasteiger charge is -2.22. The average molecular weight is 1420 g/mol. The summed E-state index contributed by atoms with van der Waals surface area (Å²) in [6, 6.07) is 0. The minimum Gasteiger partial charge on any atom is -0.465 e. The molecular weight excluding hydrogens is 1240 g/mol. The Morgan fingerprint density at radius 1 is 0.260 bits per heavy atom. The van der Waals surface area contributed by atoms with Crippen molar-refractivity contribution in [3.8, 4) is 0 Å². The van der Waals surface area contributed by atoms with Crippen LogP contribution in [0.4, 0.5) is 0 Å². The third-order valence-electron chi connectivity index (χ3n) is 21.8. The molecule has 12 heteroatoms. The topological polar surface area (TPSA) is 152 Å². The maximum Gasteiger partial charge on any atom is 0.306 e. The lowest BCUT2D eigenvalue weighted by Crippen LogP contribution is -2.30. The van der Waals surface area contributed by atoms with Crippen LogP contribution in [-0.4, -0.2) is 122 Å². The fourth-order valence-corrected chi connectivity index (χ4v) is 14.6. The Morgan fingerprint density at radius 3 is 0.860 bits per heavy atom. The average Bonchev–Trinajstić information content (AvgIpc) is 2.12. The fraction of sp³-hybridized carbons (Fsp3) is 0.955. The number of aliphatic hydroxyl groups excluding tert-OH is 2. The minimum atomic E-state index is -0.115. The van der Waals surface area contributed by atoms with Gasteiger partial charge in [0.2, 0.25) is 0 Å². The highest BCUT2D eigenvalue weighted by Gasteiger charge is 2.20. The molecule has 0 aromatic rings. The normalized spacial score (nSPS) is 13.6. The number of aliphatic hydroxyl groups is 2. The Morgan fingerprint density at radius 2 is 0.510 bits per heavy atom. The molecule has 0 saturated carbocycles. The van der Waals surface area contributed by atoms with Crippen LogP contribution in [0.3, 0.4) is 0 Å². The van der Waals surface area contributed by atoms with E-state index in [1.165, 1.54) is 193 Å². The second-order valence-electron chi connectivity index (χ2n) is 31.4. The second-order valence-corrected chi connectivity index (χ2v) is 31.4. The van der Waals surface area contributed by atoms with E-state index in [1.54, 1.807) is 0 Å². The molecule has 12 nitrogen and oxygen atoms in total. The van der Waals surface area contributed by atoms with Crippen molar-refractivity contribution in [2.24, 2.45) is 23.7 Å². The molecule has 0 aromatic heterocycles. The van der Waals surface area contributed by atoms with Crippen LogP contribution in [-0.2, 0) is 38.1 Å². The summed E-state index contributed by atoms with van der Waals surface area (Å²) in [5, 5.41) is 19.6. The third-order valence-corrected chi connectivity index (χ3v) is 21.8. The molecule has 0 aliphatic rings. The van der Waals surface area contributed by atoms with Crippen LogP contribution in [0, 0.1) is 23.7 Å². The first-order valence-electron chi connectivity index (χ1n) is 44.3. The molecule has 594 valence electrons. The molecule has 0 saturated heterocycles. The highest BCUT2D eigenvalue weighted by atomic mass is 16.6. The van der Waals surface area contributed by atoms with E-state index in [0.717, 1.165) is 174 Å². The Hall–Kier alpha value is -2.28. The van der Waals surface area contributed by atoms with Crippen molar-refractivity contribution in [1.82, 2.24) is 9.80 Å². The van der Waals surface area contributed by atoms with Gasteiger partial charge in [0.1, 0.15) is 12.2 Å². The van der Waals surface area contributed by atoms with Crippen molar-refractivity contribution in [2.45, 2.75) is 453 Å². The predicted molar refractivity (Wildman–Crippen MR) is 425 cm³/mol. The quantitative estimate of drug-likeness (QED) is 0.0339. The Kier molecular flexibility index (Phi) is 74.6. The van der Waals surface area contributed by atoms with Crippen LogP contribution in [0.1, 0.15) is 441 Å². The van der Waals surface area contributed by atoms with Gasteiger partial charge in [0, 0.05) is 38.8 Å². The van der Waals surface area contributed by atoms with Crippen molar-refractivity contribution < 1.29 is 48.3 Å². The van der Waals surface area contributed by atoms with Gasteiger partial charge in [0.05, 0.1) is 26.4 Å². The van der Waals surface area contributed by atoms with E-state index in [4.69, 9.17) is 18.9 Å². The summed E-state index contributed by atoms with van der Waals surface area (Å²) in [6.07, 6.45) is 67.5. The number of carbonyl (C=O) groups excluding carboxylic acids is 4. The molecule has 0 amide bonds. The van der Waals surface area contributed by atoms with E-state index in [0.29, 0.717) is 95.0 Å². The van der Waals surface area contributed by atoms with Gasteiger partial charge in [-0.05, 0) is 153 Å². The van der Waals surface area contributed by atoms with Gasteiger partial charge in [-0.15, -0.1) is 0 Å². The van der Waals surface area contributed by atoms with E-state index in [2.05, 4.69) is 65.2 Å². The summed E-state index contributed by atoms with van der Waals surface area (Å²) in [7, 11) is 0. The zero-order valence-corrected chi connectivity index (χ0v) is 68.0. The molecule has 0 aliphatic carbocycles. The minimum absolute atomic E-state index is 0.0163. The van der Waals surface area contributed by atoms with Crippen LogP contribution in [0.25, 0.3) is 0 Å². The Labute approximate surface area is 621 Å². The number of unbranched alkanes of at least 4 members (excludes halogenated alkanes) is 34. The molecular formula is C88H172N2O10. The molecule has 6 atom stereocenters. The molecule has 0 aromatic carbocycles. The lowest BCUT2D eigenvalue weighted by molar-refractivity contribution is -0.151. The lowest BCUT2D eigenvalue weighted by atomic mass is 9.86. The Balaban J connectivity index is 4.75. The predicted octanol–water partition coefficient (Wildman–Crippen LogP) is 24.5. The molecule has 100 heavy (non-hydrogen) atoms.